The molecular weight excluding hydrogens is 232 g/mol. The summed E-state index contributed by atoms with van der Waals surface area (Å²) in [5, 5.41) is 12.0. The van der Waals surface area contributed by atoms with E-state index in [1.807, 2.05) is 0 Å². The summed E-state index contributed by atoms with van der Waals surface area (Å²) in [5.74, 6) is 0.0450. The van der Waals surface area contributed by atoms with Gasteiger partial charge < -0.3 is 10.6 Å². The Balaban J connectivity index is 1.95. The number of nitrogens with zero attached hydrogens (tertiary/aromatic N) is 1. The highest BCUT2D eigenvalue weighted by molar-refractivity contribution is 5.75. The summed E-state index contributed by atoms with van der Waals surface area (Å²) >= 11 is 0. The molecule has 100 valence electrons. The second kappa shape index (κ2) is 8.27. The summed E-state index contributed by atoms with van der Waals surface area (Å²) in [5.41, 5.74) is 0.967. The van der Waals surface area contributed by atoms with Crippen molar-refractivity contribution in [2.45, 2.75) is 39.2 Å². The first kappa shape index (κ1) is 14.2. The molecule has 0 aliphatic rings. The van der Waals surface area contributed by atoms with Crippen LogP contribution in [-0.4, -0.2) is 28.6 Å². The number of aromatic nitrogens is 2. The Morgan fingerprint density at radius 1 is 1.28 bits per heavy atom. The van der Waals surface area contributed by atoms with Crippen LogP contribution < -0.4 is 10.6 Å². The number of hydrogen-bond donors (Lipinski definition) is 3. The van der Waals surface area contributed by atoms with Gasteiger partial charge in [-0.15, -0.1) is 0 Å². The highest BCUT2D eigenvalue weighted by Crippen LogP contribution is 2.00. The number of carbonyl (C=O) groups is 2. The molecular formula is C12H20N4O2. The van der Waals surface area contributed by atoms with Crippen molar-refractivity contribution in [2.24, 2.45) is 0 Å². The number of aromatic amines is 1. The monoisotopic (exact) mass is 252 g/mol. The molecule has 0 bridgehead atoms. The Morgan fingerprint density at radius 3 is 2.78 bits per heavy atom. The molecule has 0 aliphatic heterocycles. The van der Waals surface area contributed by atoms with Gasteiger partial charge in [-0.3, -0.25) is 14.7 Å². The molecule has 0 aliphatic carbocycles. The summed E-state index contributed by atoms with van der Waals surface area (Å²) in [6.45, 7) is 2.70. The average Bonchev–Trinajstić information content (AvgIpc) is 2.83. The van der Waals surface area contributed by atoms with Crippen molar-refractivity contribution < 1.29 is 9.59 Å². The zero-order valence-electron chi connectivity index (χ0n) is 10.7. The van der Waals surface area contributed by atoms with E-state index < -0.39 is 0 Å². The maximum atomic E-state index is 11.5. The fourth-order valence-electron chi connectivity index (χ4n) is 1.52. The van der Waals surface area contributed by atoms with E-state index in [-0.39, 0.29) is 11.8 Å². The molecule has 1 heterocycles. The maximum Gasteiger partial charge on any atom is 0.220 e. The van der Waals surface area contributed by atoms with E-state index >= 15 is 0 Å². The second-order valence-corrected chi connectivity index (χ2v) is 4.18. The Bertz CT molecular complexity index is 362. The maximum absolute atomic E-state index is 11.5. The fraction of sp³-hybridized carbons (Fsp3) is 0.583. The molecule has 2 amide bonds. The molecule has 0 spiro atoms. The lowest BCUT2D eigenvalue weighted by atomic mass is 10.2. The van der Waals surface area contributed by atoms with Crippen molar-refractivity contribution in [3.8, 4) is 0 Å². The lowest BCUT2D eigenvalue weighted by Gasteiger charge is -2.04. The standard InChI is InChI=1S/C12H20N4O2/c1-10(17)13-6-4-2-3-5-12(18)14-7-11-8-15-16-9-11/h8-9H,2-7H2,1H3,(H,13,17)(H,14,18)(H,15,16). The average molecular weight is 252 g/mol. The largest absolute Gasteiger partial charge is 0.356 e. The molecule has 1 rings (SSSR count). The quantitative estimate of drug-likeness (QED) is 0.596. The zero-order chi connectivity index (χ0) is 13.2. The first-order chi connectivity index (χ1) is 8.68. The van der Waals surface area contributed by atoms with Crippen molar-refractivity contribution >= 4 is 11.8 Å². The third kappa shape index (κ3) is 6.67. The fourth-order valence-corrected chi connectivity index (χ4v) is 1.52. The minimum Gasteiger partial charge on any atom is -0.356 e. The summed E-state index contributed by atoms with van der Waals surface area (Å²) in [4.78, 5) is 22.1. The van der Waals surface area contributed by atoms with Gasteiger partial charge in [0, 0.05) is 38.2 Å². The van der Waals surface area contributed by atoms with Gasteiger partial charge in [0.15, 0.2) is 0 Å². The van der Waals surface area contributed by atoms with E-state index in [9.17, 15) is 9.59 Å². The summed E-state index contributed by atoms with van der Waals surface area (Å²) in [7, 11) is 0. The van der Waals surface area contributed by atoms with Crippen LogP contribution in [0.4, 0.5) is 0 Å². The minimum absolute atomic E-state index is 0.00662. The van der Waals surface area contributed by atoms with Gasteiger partial charge in [0.25, 0.3) is 0 Å². The highest BCUT2D eigenvalue weighted by atomic mass is 16.2. The molecule has 0 atom stereocenters. The number of H-pyrrole nitrogens is 1. The molecule has 0 aromatic carbocycles. The third-order valence-electron chi connectivity index (χ3n) is 2.50. The molecule has 0 saturated carbocycles. The minimum atomic E-state index is -0.00662. The van der Waals surface area contributed by atoms with Crippen LogP contribution in [0.25, 0.3) is 0 Å². The number of nitrogens with one attached hydrogen (secondary N) is 3. The number of rotatable bonds is 8. The Labute approximate surface area is 107 Å². The second-order valence-electron chi connectivity index (χ2n) is 4.18. The molecule has 0 fully saturated rings. The summed E-state index contributed by atoms with van der Waals surface area (Å²) < 4.78 is 0. The topological polar surface area (TPSA) is 86.9 Å². The van der Waals surface area contributed by atoms with Gasteiger partial charge in [0.2, 0.25) is 11.8 Å². The zero-order valence-corrected chi connectivity index (χ0v) is 10.7. The van der Waals surface area contributed by atoms with E-state index in [0.717, 1.165) is 24.8 Å². The summed E-state index contributed by atoms with van der Waals surface area (Å²) in [6, 6.07) is 0. The molecule has 0 unspecified atom stereocenters. The first-order valence-electron chi connectivity index (χ1n) is 6.17. The van der Waals surface area contributed by atoms with Gasteiger partial charge in [0.05, 0.1) is 6.20 Å². The Hall–Kier alpha value is -1.85. The molecule has 6 nitrogen and oxygen atoms in total. The molecule has 3 N–H and O–H groups in total. The highest BCUT2D eigenvalue weighted by Gasteiger charge is 2.01. The number of amides is 2. The lowest BCUT2D eigenvalue weighted by molar-refractivity contribution is -0.121. The van der Waals surface area contributed by atoms with Gasteiger partial charge in [-0.05, 0) is 12.8 Å². The Kier molecular flexibility index (Phi) is 6.53. The van der Waals surface area contributed by atoms with Crippen LogP contribution in [0.2, 0.25) is 0 Å². The predicted octanol–water partition coefficient (Wildman–Crippen LogP) is 0.722. The van der Waals surface area contributed by atoms with Gasteiger partial charge in [0.1, 0.15) is 0 Å². The van der Waals surface area contributed by atoms with Crippen LogP contribution in [0.5, 0.6) is 0 Å². The van der Waals surface area contributed by atoms with E-state index in [0.29, 0.717) is 19.5 Å². The van der Waals surface area contributed by atoms with Gasteiger partial charge >= 0.3 is 0 Å². The Morgan fingerprint density at radius 2 is 2.11 bits per heavy atom. The van der Waals surface area contributed by atoms with Crippen LogP contribution >= 0.6 is 0 Å². The van der Waals surface area contributed by atoms with Crippen molar-refractivity contribution in [1.82, 2.24) is 20.8 Å². The van der Waals surface area contributed by atoms with Crippen molar-refractivity contribution in [3.63, 3.8) is 0 Å². The van der Waals surface area contributed by atoms with Crippen molar-refractivity contribution in [2.75, 3.05) is 6.54 Å². The van der Waals surface area contributed by atoms with Crippen LogP contribution in [-0.2, 0) is 16.1 Å². The smallest absolute Gasteiger partial charge is 0.220 e. The predicted molar refractivity (Wildman–Crippen MR) is 67.6 cm³/mol. The molecule has 6 heteroatoms. The third-order valence-corrected chi connectivity index (χ3v) is 2.50. The molecule has 0 saturated heterocycles. The van der Waals surface area contributed by atoms with Crippen LogP contribution in [0.3, 0.4) is 0 Å². The van der Waals surface area contributed by atoms with E-state index in [2.05, 4.69) is 20.8 Å². The van der Waals surface area contributed by atoms with Crippen LogP contribution in [0, 0.1) is 0 Å². The van der Waals surface area contributed by atoms with E-state index in [1.54, 1.807) is 12.4 Å². The SMILES string of the molecule is CC(=O)NCCCCCC(=O)NCc1cn[nH]c1. The van der Waals surface area contributed by atoms with Gasteiger partial charge in [-0.1, -0.05) is 6.42 Å². The van der Waals surface area contributed by atoms with Crippen molar-refractivity contribution in [1.29, 1.82) is 0 Å². The molecule has 18 heavy (non-hydrogen) atoms. The number of hydrogen-bond acceptors (Lipinski definition) is 3. The molecule has 1 aromatic heterocycles. The lowest BCUT2D eigenvalue weighted by Crippen LogP contribution is -2.22. The van der Waals surface area contributed by atoms with Gasteiger partial charge in [-0.25, -0.2) is 0 Å². The number of carbonyl (C=O) groups excluding carboxylic acids is 2. The van der Waals surface area contributed by atoms with E-state index in [1.165, 1.54) is 6.92 Å². The summed E-state index contributed by atoms with van der Waals surface area (Å²) in [6.07, 6.45) is 6.67. The normalized spacial score (nSPS) is 10.1. The van der Waals surface area contributed by atoms with Crippen molar-refractivity contribution in [3.05, 3.63) is 18.0 Å². The van der Waals surface area contributed by atoms with Crippen LogP contribution in [0.1, 0.15) is 38.2 Å². The molecule has 1 aromatic rings. The van der Waals surface area contributed by atoms with E-state index in [4.69, 9.17) is 0 Å². The van der Waals surface area contributed by atoms with Gasteiger partial charge in [-0.2, -0.15) is 5.10 Å². The number of unbranched alkanes of at least 4 members (excludes halogenated alkanes) is 2. The van der Waals surface area contributed by atoms with Crippen LogP contribution in [0.15, 0.2) is 12.4 Å². The first-order valence-corrected chi connectivity index (χ1v) is 6.17. The molecule has 0 radical (unpaired) electrons.